The SMILES string of the molecule is OC[C@@H](Cc1ccccc1)Nc1ncc(C(F)(F)F)cc1Cl. The number of nitrogens with one attached hydrogen (secondary N) is 1. The van der Waals surface area contributed by atoms with Crippen LogP contribution in [0.2, 0.25) is 5.02 Å². The van der Waals surface area contributed by atoms with Crippen LogP contribution in [-0.2, 0) is 12.6 Å². The van der Waals surface area contributed by atoms with Gasteiger partial charge in [0.05, 0.1) is 23.2 Å². The molecule has 1 atom stereocenters. The van der Waals surface area contributed by atoms with E-state index in [1.807, 2.05) is 30.3 Å². The van der Waals surface area contributed by atoms with Crippen molar-refractivity contribution in [1.82, 2.24) is 4.98 Å². The minimum Gasteiger partial charge on any atom is -0.394 e. The molecule has 118 valence electrons. The molecule has 0 spiro atoms. The van der Waals surface area contributed by atoms with E-state index in [-0.39, 0.29) is 17.4 Å². The van der Waals surface area contributed by atoms with Crippen LogP contribution in [0, 0.1) is 0 Å². The summed E-state index contributed by atoms with van der Waals surface area (Å²) in [4.78, 5) is 3.70. The van der Waals surface area contributed by atoms with Crippen molar-refractivity contribution in [2.24, 2.45) is 0 Å². The molecule has 0 aliphatic rings. The van der Waals surface area contributed by atoms with Gasteiger partial charge < -0.3 is 10.4 Å². The number of rotatable bonds is 5. The molecule has 0 aliphatic carbocycles. The summed E-state index contributed by atoms with van der Waals surface area (Å²) >= 11 is 5.83. The van der Waals surface area contributed by atoms with Crippen LogP contribution >= 0.6 is 11.6 Å². The molecule has 0 bridgehead atoms. The van der Waals surface area contributed by atoms with Crippen LogP contribution in [0.4, 0.5) is 19.0 Å². The van der Waals surface area contributed by atoms with Gasteiger partial charge in [-0.2, -0.15) is 13.2 Å². The highest BCUT2D eigenvalue weighted by Crippen LogP contribution is 2.32. The summed E-state index contributed by atoms with van der Waals surface area (Å²) in [7, 11) is 0. The number of aliphatic hydroxyl groups excluding tert-OH is 1. The molecule has 0 amide bonds. The molecular formula is C15H14ClF3N2O. The zero-order valence-electron chi connectivity index (χ0n) is 11.4. The summed E-state index contributed by atoms with van der Waals surface area (Å²) in [6.07, 6.45) is -3.28. The van der Waals surface area contributed by atoms with Gasteiger partial charge in [-0.1, -0.05) is 41.9 Å². The average molecular weight is 331 g/mol. The minimum absolute atomic E-state index is 0.115. The number of anilines is 1. The van der Waals surface area contributed by atoms with Gasteiger partial charge in [0.15, 0.2) is 0 Å². The van der Waals surface area contributed by atoms with Crippen LogP contribution in [0.25, 0.3) is 0 Å². The molecule has 1 aromatic heterocycles. The van der Waals surface area contributed by atoms with Gasteiger partial charge in [0.2, 0.25) is 0 Å². The van der Waals surface area contributed by atoms with Gasteiger partial charge in [-0.05, 0) is 18.1 Å². The fourth-order valence-electron chi connectivity index (χ4n) is 1.95. The van der Waals surface area contributed by atoms with Crippen LogP contribution in [0.1, 0.15) is 11.1 Å². The molecule has 0 aliphatic heterocycles. The Balaban J connectivity index is 2.11. The Hall–Kier alpha value is -1.79. The number of benzene rings is 1. The average Bonchev–Trinajstić information content (AvgIpc) is 2.48. The molecule has 0 saturated heterocycles. The molecule has 0 unspecified atom stereocenters. The number of hydrogen-bond donors (Lipinski definition) is 2. The molecule has 2 aromatic rings. The zero-order chi connectivity index (χ0) is 16.2. The van der Waals surface area contributed by atoms with E-state index in [1.165, 1.54) is 0 Å². The zero-order valence-corrected chi connectivity index (χ0v) is 12.2. The highest BCUT2D eigenvalue weighted by atomic mass is 35.5. The Morgan fingerprint density at radius 3 is 2.45 bits per heavy atom. The Morgan fingerprint density at radius 1 is 1.23 bits per heavy atom. The van der Waals surface area contributed by atoms with Crippen LogP contribution in [-0.4, -0.2) is 22.7 Å². The molecule has 1 aromatic carbocycles. The highest BCUT2D eigenvalue weighted by Gasteiger charge is 2.31. The highest BCUT2D eigenvalue weighted by molar-refractivity contribution is 6.33. The maximum absolute atomic E-state index is 12.6. The second-order valence-corrected chi connectivity index (χ2v) is 5.17. The summed E-state index contributed by atoms with van der Waals surface area (Å²) in [5.74, 6) is 0.115. The van der Waals surface area contributed by atoms with Crippen molar-refractivity contribution in [2.45, 2.75) is 18.6 Å². The molecular weight excluding hydrogens is 317 g/mol. The predicted molar refractivity (Wildman–Crippen MR) is 78.9 cm³/mol. The number of aliphatic hydroxyl groups is 1. The molecule has 3 nitrogen and oxygen atoms in total. The first kappa shape index (κ1) is 16.6. The van der Waals surface area contributed by atoms with Crippen LogP contribution < -0.4 is 5.32 Å². The largest absolute Gasteiger partial charge is 0.417 e. The lowest BCUT2D eigenvalue weighted by atomic mass is 10.1. The lowest BCUT2D eigenvalue weighted by molar-refractivity contribution is -0.137. The number of hydrogen-bond acceptors (Lipinski definition) is 3. The van der Waals surface area contributed by atoms with E-state index in [2.05, 4.69) is 10.3 Å². The molecule has 7 heteroatoms. The first-order valence-corrected chi connectivity index (χ1v) is 6.92. The summed E-state index contributed by atoms with van der Waals surface area (Å²) in [5.41, 5.74) is 0.0729. The van der Waals surface area contributed by atoms with E-state index >= 15 is 0 Å². The van der Waals surface area contributed by atoms with Gasteiger partial charge in [0.25, 0.3) is 0 Å². The van der Waals surface area contributed by atoms with Crippen LogP contribution in [0.5, 0.6) is 0 Å². The number of aromatic nitrogens is 1. The predicted octanol–water partition coefficient (Wildman–Crippen LogP) is 3.77. The van der Waals surface area contributed by atoms with E-state index < -0.39 is 17.8 Å². The van der Waals surface area contributed by atoms with Crippen molar-refractivity contribution >= 4 is 17.4 Å². The maximum Gasteiger partial charge on any atom is 0.417 e. The molecule has 0 fully saturated rings. The second kappa shape index (κ2) is 6.98. The van der Waals surface area contributed by atoms with Crippen LogP contribution in [0.3, 0.4) is 0 Å². The third-order valence-corrected chi connectivity index (χ3v) is 3.34. The normalized spacial score (nSPS) is 13.0. The first-order valence-electron chi connectivity index (χ1n) is 6.54. The fraction of sp³-hybridized carbons (Fsp3) is 0.267. The van der Waals surface area contributed by atoms with Gasteiger partial charge in [0.1, 0.15) is 5.82 Å². The van der Waals surface area contributed by atoms with Crippen molar-refractivity contribution in [2.75, 3.05) is 11.9 Å². The minimum atomic E-state index is -4.49. The van der Waals surface area contributed by atoms with Gasteiger partial charge in [-0.25, -0.2) is 4.98 Å². The number of pyridine rings is 1. The van der Waals surface area contributed by atoms with Crippen molar-refractivity contribution in [3.63, 3.8) is 0 Å². The first-order chi connectivity index (χ1) is 10.4. The van der Waals surface area contributed by atoms with Crippen molar-refractivity contribution < 1.29 is 18.3 Å². The maximum atomic E-state index is 12.6. The quantitative estimate of drug-likeness (QED) is 0.877. The Labute approximate surface area is 130 Å². The molecule has 2 rings (SSSR count). The van der Waals surface area contributed by atoms with Crippen LogP contribution in [0.15, 0.2) is 42.6 Å². The van der Waals surface area contributed by atoms with Gasteiger partial charge in [0, 0.05) is 6.20 Å². The lowest BCUT2D eigenvalue weighted by Crippen LogP contribution is -2.27. The summed E-state index contributed by atoms with van der Waals surface area (Å²) < 4.78 is 37.7. The monoisotopic (exact) mass is 330 g/mol. The smallest absolute Gasteiger partial charge is 0.394 e. The number of nitrogens with zero attached hydrogens (tertiary/aromatic N) is 1. The Morgan fingerprint density at radius 2 is 1.91 bits per heavy atom. The van der Waals surface area contributed by atoms with E-state index in [0.29, 0.717) is 12.6 Å². The number of alkyl halides is 3. The third-order valence-electron chi connectivity index (χ3n) is 3.05. The molecule has 22 heavy (non-hydrogen) atoms. The van der Waals surface area contributed by atoms with Gasteiger partial charge >= 0.3 is 6.18 Å². The standard InChI is InChI=1S/C15H14ClF3N2O/c16-13-7-11(15(17,18)19)8-20-14(13)21-12(9-22)6-10-4-2-1-3-5-10/h1-5,7-8,12,22H,6,9H2,(H,20,21)/t12-/m1/s1. The van der Waals surface area contributed by atoms with E-state index in [9.17, 15) is 18.3 Å². The van der Waals surface area contributed by atoms with Crippen molar-refractivity contribution in [1.29, 1.82) is 0 Å². The van der Waals surface area contributed by atoms with Gasteiger partial charge in [-0.3, -0.25) is 0 Å². The van der Waals surface area contributed by atoms with E-state index in [1.54, 1.807) is 0 Å². The second-order valence-electron chi connectivity index (χ2n) is 4.77. The molecule has 2 N–H and O–H groups in total. The molecule has 0 saturated carbocycles. The summed E-state index contributed by atoms with van der Waals surface area (Å²) in [6.45, 7) is -0.200. The van der Waals surface area contributed by atoms with Crippen molar-refractivity contribution in [3.8, 4) is 0 Å². The fourth-order valence-corrected chi connectivity index (χ4v) is 2.17. The Bertz CT molecular complexity index is 620. The summed E-state index contributed by atoms with van der Waals surface area (Å²) in [5, 5.41) is 12.1. The Kier molecular flexibility index (Phi) is 5.26. The van der Waals surface area contributed by atoms with E-state index in [4.69, 9.17) is 11.6 Å². The third kappa shape index (κ3) is 4.35. The lowest BCUT2D eigenvalue weighted by Gasteiger charge is -2.18. The van der Waals surface area contributed by atoms with Gasteiger partial charge in [-0.15, -0.1) is 0 Å². The van der Waals surface area contributed by atoms with Crippen molar-refractivity contribution in [3.05, 3.63) is 58.7 Å². The molecule has 0 radical (unpaired) electrons. The topological polar surface area (TPSA) is 45.1 Å². The van der Waals surface area contributed by atoms with E-state index in [0.717, 1.165) is 11.6 Å². The number of halogens is 4. The molecule has 1 heterocycles. The summed E-state index contributed by atoms with van der Waals surface area (Å²) in [6, 6.07) is 9.81.